The third-order valence-electron chi connectivity index (χ3n) is 7.39. The van der Waals surface area contributed by atoms with Crippen LogP contribution in [0.1, 0.15) is 51.0 Å². The number of hydrogen-bond donors (Lipinski definition) is 0. The molecule has 28 heavy (non-hydrogen) atoms. The van der Waals surface area contributed by atoms with Gasteiger partial charge in [-0.25, -0.2) is 0 Å². The molecule has 0 aromatic heterocycles. The maximum absolute atomic E-state index is 13.8. The van der Waals surface area contributed by atoms with Gasteiger partial charge in [-0.1, -0.05) is 37.3 Å². The highest BCUT2D eigenvalue weighted by molar-refractivity contribution is 5.84. The van der Waals surface area contributed by atoms with Gasteiger partial charge >= 0.3 is 5.97 Å². The van der Waals surface area contributed by atoms with Gasteiger partial charge in [0.1, 0.15) is 0 Å². The summed E-state index contributed by atoms with van der Waals surface area (Å²) < 4.78 is 4.93. The SMILES string of the molecule is COC(=O)C(C)CN(CCc1ccccc1)C(=O)C12CC3CC(CC(C3)C1)C2. The van der Waals surface area contributed by atoms with Crippen LogP contribution in [0.4, 0.5) is 0 Å². The summed E-state index contributed by atoms with van der Waals surface area (Å²) >= 11 is 0. The van der Waals surface area contributed by atoms with Gasteiger partial charge in [0.2, 0.25) is 5.91 Å². The fourth-order valence-electron chi connectivity index (χ4n) is 6.50. The van der Waals surface area contributed by atoms with Crippen molar-refractivity contribution in [2.75, 3.05) is 20.2 Å². The van der Waals surface area contributed by atoms with E-state index in [1.165, 1.54) is 31.9 Å². The van der Waals surface area contributed by atoms with Gasteiger partial charge in [0, 0.05) is 13.1 Å². The molecule has 4 heteroatoms. The molecule has 4 bridgehead atoms. The van der Waals surface area contributed by atoms with Crippen molar-refractivity contribution in [3.63, 3.8) is 0 Å². The molecule has 1 amide bonds. The van der Waals surface area contributed by atoms with Crippen LogP contribution in [0.25, 0.3) is 0 Å². The lowest BCUT2D eigenvalue weighted by Gasteiger charge is -2.56. The number of methoxy groups -OCH3 is 1. The van der Waals surface area contributed by atoms with E-state index < -0.39 is 0 Å². The molecule has 4 saturated carbocycles. The van der Waals surface area contributed by atoms with E-state index in [1.54, 1.807) is 0 Å². The summed E-state index contributed by atoms with van der Waals surface area (Å²) in [5.74, 6) is 2.00. The normalized spacial score (nSPS) is 31.4. The number of esters is 1. The first-order chi connectivity index (χ1) is 13.5. The van der Waals surface area contributed by atoms with Gasteiger partial charge < -0.3 is 9.64 Å². The van der Waals surface area contributed by atoms with Gasteiger partial charge in [0.05, 0.1) is 18.4 Å². The van der Waals surface area contributed by atoms with Crippen molar-refractivity contribution < 1.29 is 14.3 Å². The molecule has 152 valence electrons. The topological polar surface area (TPSA) is 46.6 Å². The predicted molar refractivity (Wildman–Crippen MR) is 109 cm³/mol. The highest BCUT2D eigenvalue weighted by Gasteiger charge is 2.55. The van der Waals surface area contributed by atoms with Crippen molar-refractivity contribution in [2.45, 2.75) is 51.9 Å². The lowest BCUT2D eigenvalue weighted by atomic mass is 9.49. The largest absolute Gasteiger partial charge is 0.469 e. The summed E-state index contributed by atoms with van der Waals surface area (Å²) in [4.78, 5) is 27.9. The zero-order chi connectivity index (χ0) is 19.7. The average Bonchev–Trinajstić information content (AvgIpc) is 2.69. The number of hydrogen-bond acceptors (Lipinski definition) is 3. The molecule has 4 aliphatic carbocycles. The van der Waals surface area contributed by atoms with E-state index in [9.17, 15) is 9.59 Å². The number of ether oxygens (including phenoxy) is 1. The molecule has 4 nitrogen and oxygen atoms in total. The van der Waals surface area contributed by atoms with Crippen LogP contribution in [-0.4, -0.2) is 37.0 Å². The van der Waals surface area contributed by atoms with Crippen LogP contribution in [0.15, 0.2) is 30.3 Å². The molecule has 1 unspecified atom stereocenters. The number of amides is 1. The molecule has 0 saturated heterocycles. The quantitative estimate of drug-likeness (QED) is 0.667. The molecule has 1 aromatic carbocycles. The molecule has 0 heterocycles. The van der Waals surface area contributed by atoms with Crippen LogP contribution in [0, 0.1) is 29.1 Å². The number of rotatable bonds is 7. The second kappa shape index (κ2) is 7.88. The van der Waals surface area contributed by atoms with Gasteiger partial charge in [0.25, 0.3) is 0 Å². The van der Waals surface area contributed by atoms with Crippen molar-refractivity contribution >= 4 is 11.9 Å². The first kappa shape index (κ1) is 19.5. The van der Waals surface area contributed by atoms with Gasteiger partial charge in [-0.05, 0) is 68.3 Å². The fourth-order valence-corrected chi connectivity index (χ4v) is 6.50. The maximum atomic E-state index is 13.8. The highest BCUT2D eigenvalue weighted by Crippen LogP contribution is 2.60. The van der Waals surface area contributed by atoms with Crippen molar-refractivity contribution in [2.24, 2.45) is 29.1 Å². The van der Waals surface area contributed by atoms with Crippen molar-refractivity contribution in [1.82, 2.24) is 4.90 Å². The molecule has 0 aliphatic heterocycles. The Morgan fingerprint density at radius 2 is 1.64 bits per heavy atom. The Morgan fingerprint density at radius 1 is 1.07 bits per heavy atom. The minimum Gasteiger partial charge on any atom is -0.469 e. The Labute approximate surface area is 168 Å². The Kier molecular flexibility index (Phi) is 5.48. The van der Waals surface area contributed by atoms with E-state index >= 15 is 0 Å². The maximum Gasteiger partial charge on any atom is 0.310 e. The fraction of sp³-hybridized carbons (Fsp3) is 0.667. The average molecular weight is 384 g/mol. The van der Waals surface area contributed by atoms with E-state index in [0.717, 1.165) is 43.4 Å². The molecule has 0 N–H and O–H groups in total. The summed E-state index contributed by atoms with van der Waals surface area (Å²) in [6.07, 6.45) is 8.00. The Balaban J connectivity index is 1.51. The summed E-state index contributed by atoms with van der Waals surface area (Å²) in [6, 6.07) is 10.3. The van der Waals surface area contributed by atoms with E-state index in [-0.39, 0.29) is 17.3 Å². The van der Waals surface area contributed by atoms with Crippen LogP contribution in [0.3, 0.4) is 0 Å². The van der Waals surface area contributed by atoms with E-state index in [1.807, 2.05) is 30.0 Å². The van der Waals surface area contributed by atoms with Crippen molar-refractivity contribution in [3.8, 4) is 0 Å². The van der Waals surface area contributed by atoms with Crippen LogP contribution in [-0.2, 0) is 20.7 Å². The second-order valence-corrected chi connectivity index (χ2v) is 9.61. The van der Waals surface area contributed by atoms with Crippen LogP contribution in [0.2, 0.25) is 0 Å². The monoisotopic (exact) mass is 383 g/mol. The van der Waals surface area contributed by atoms with Gasteiger partial charge in [0.15, 0.2) is 0 Å². The standard InChI is InChI=1S/C24H33NO3/c1-17(22(26)28-2)16-25(9-8-18-6-4-3-5-7-18)23(27)24-13-19-10-20(14-24)12-21(11-19)15-24/h3-7,17,19-21H,8-16H2,1-2H3. The molecule has 1 atom stereocenters. The first-order valence-corrected chi connectivity index (χ1v) is 10.9. The first-order valence-electron chi connectivity index (χ1n) is 10.9. The van der Waals surface area contributed by atoms with Crippen molar-refractivity contribution in [1.29, 1.82) is 0 Å². The van der Waals surface area contributed by atoms with Gasteiger partial charge in [-0.2, -0.15) is 0 Å². The van der Waals surface area contributed by atoms with Gasteiger partial charge in [-0.3, -0.25) is 9.59 Å². The minimum absolute atomic E-state index is 0.165. The zero-order valence-corrected chi connectivity index (χ0v) is 17.2. The molecule has 1 aromatic rings. The van der Waals surface area contributed by atoms with E-state index in [0.29, 0.717) is 19.0 Å². The zero-order valence-electron chi connectivity index (χ0n) is 17.2. The summed E-state index contributed by atoms with van der Waals surface area (Å²) in [5.41, 5.74) is 1.07. The number of benzene rings is 1. The van der Waals surface area contributed by atoms with E-state index in [2.05, 4.69) is 12.1 Å². The molecule has 0 spiro atoms. The Hall–Kier alpha value is -1.84. The van der Waals surface area contributed by atoms with Crippen LogP contribution < -0.4 is 0 Å². The molecular weight excluding hydrogens is 350 g/mol. The van der Waals surface area contributed by atoms with Crippen molar-refractivity contribution in [3.05, 3.63) is 35.9 Å². The van der Waals surface area contributed by atoms with E-state index in [4.69, 9.17) is 4.74 Å². The summed E-state index contributed by atoms with van der Waals surface area (Å²) in [7, 11) is 1.42. The molecule has 4 aliphatic rings. The summed E-state index contributed by atoms with van der Waals surface area (Å²) in [6.45, 7) is 3.00. The smallest absolute Gasteiger partial charge is 0.310 e. The number of nitrogens with zero attached hydrogens (tertiary/aromatic N) is 1. The lowest BCUT2D eigenvalue weighted by molar-refractivity contribution is -0.159. The lowest BCUT2D eigenvalue weighted by Crippen LogP contribution is -2.55. The summed E-state index contributed by atoms with van der Waals surface area (Å²) in [5, 5.41) is 0. The Morgan fingerprint density at radius 3 is 2.18 bits per heavy atom. The second-order valence-electron chi connectivity index (χ2n) is 9.61. The Bertz CT molecular complexity index is 679. The van der Waals surface area contributed by atoms with Crippen LogP contribution in [0.5, 0.6) is 0 Å². The molecule has 0 radical (unpaired) electrons. The van der Waals surface area contributed by atoms with Crippen LogP contribution >= 0.6 is 0 Å². The third kappa shape index (κ3) is 3.83. The molecule has 5 rings (SSSR count). The minimum atomic E-state index is -0.293. The predicted octanol–water partition coefficient (Wildman–Crippen LogP) is 4.08. The number of carbonyl (C=O) groups excluding carboxylic acids is 2. The highest BCUT2D eigenvalue weighted by atomic mass is 16.5. The third-order valence-corrected chi connectivity index (χ3v) is 7.39. The number of carbonyl (C=O) groups is 2. The van der Waals surface area contributed by atoms with Gasteiger partial charge in [-0.15, -0.1) is 0 Å². The molecular formula is C24H33NO3. The molecule has 4 fully saturated rings.